The van der Waals surface area contributed by atoms with Crippen LogP contribution < -0.4 is 10.5 Å². The summed E-state index contributed by atoms with van der Waals surface area (Å²) in [6.07, 6.45) is 1.02. The van der Waals surface area contributed by atoms with Crippen molar-refractivity contribution in [3.8, 4) is 0 Å². The fraction of sp³-hybridized carbons (Fsp3) is 0.571. The summed E-state index contributed by atoms with van der Waals surface area (Å²) in [5.41, 5.74) is 5.54. The van der Waals surface area contributed by atoms with Crippen LogP contribution in [0.25, 0.3) is 0 Å². The first-order valence-electron chi connectivity index (χ1n) is 7.09. The van der Waals surface area contributed by atoms with Crippen molar-refractivity contribution in [2.24, 2.45) is 0 Å². The number of nitrogens with zero attached hydrogens (tertiary/aromatic N) is 1. The quantitative estimate of drug-likeness (QED) is 0.716. The van der Waals surface area contributed by atoms with E-state index in [1.807, 2.05) is 6.92 Å². The topological polar surface area (TPSA) is 75.4 Å². The van der Waals surface area contributed by atoms with Gasteiger partial charge >= 0.3 is 0 Å². The van der Waals surface area contributed by atoms with Gasteiger partial charge in [0.1, 0.15) is 5.82 Å². The number of nitrogens with one attached hydrogen (secondary N) is 1. The van der Waals surface area contributed by atoms with E-state index < -0.39 is 15.8 Å². The third kappa shape index (κ3) is 4.94. The number of nitrogen functional groups attached to an aromatic ring is 1. The molecule has 1 aromatic carbocycles. The number of aryl methyl sites for hydroxylation is 1. The molecule has 1 rings (SSSR count). The van der Waals surface area contributed by atoms with Crippen LogP contribution >= 0.6 is 0 Å². The summed E-state index contributed by atoms with van der Waals surface area (Å²) < 4.78 is 40.3. The zero-order chi connectivity index (χ0) is 16.0. The van der Waals surface area contributed by atoms with Crippen molar-refractivity contribution in [2.75, 3.05) is 31.9 Å². The molecule has 5 nitrogen and oxygen atoms in total. The first-order chi connectivity index (χ1) is 9.81. The molecule has 0 radical (unpaired) electrons. The van der Waals surface area contributed by atoms with Crippen molar-refractivity contribution in [1.29, 1.82) is 0 Å². The van der Waals surface area contributed by atoms with Crippen LogP contribution in [0.5, 0.6) is 0 Å². The molecule has 7 heteroatoms. The van der Waals surface area contributed by atoms with Crippen molar-refractivity contribution in [2.45, 2.75) is 32.1 Å². The maximum atomic E-state index is 13.4. The zero-order valence-electron chi connectivity index (χ0n) is 12.8. The maximum Gasteiger partial charge on any atom is 0.240 e. The number of halogens is 1. The van der Waals surface area contributed by atoms with Crippen molar-refractivity contribution in [3.63, 3.8) is 0 Å². The Balaban J connectivity index is 2.74. The number of likely N-dealkylation sites (N-methyl/N-ethyl adjacent to an activating group) is 1. The van der Waals surface area contributed by atoms with Gasteiger partial charge in [0.2, 0.25) is 10.0 Å². The van der Waals surface area contributed by atoms with Gasteiger partial charge in [0.15, 0.2) is 0 Å². The van der Waals surface area contributed by atoms with Gasteiger partial charge in [-0.25, -0.2) is 17.5 Å². The minimum atomic E-state index is -3.66. The lowest BCUT2D eigenvalue weighted by Crippen LogP contribution is -2.35. The fourth-order valence-corrected chi connectivity index (χ4v) is 3.22. The molecule has 0 amide bonds. The van der Waals surface area contributed by atoms with Gasteiger partial charge < -0.3 is 10.6 Å². The van der Waals surface area contributed by atoms with E-state index in [4.69, 9.17) is 5.73 Å². The molecule has 3 N–H and O–H groups in total. The molecule has 120 valence electrons. The van der Waals surface area contributed by atoms with Crippen LogP contribution in [0, 0.1) is 12.7 Å². The van der Waals surface area contributed by atoms with Gasteiger partial charge in [0.25, 0.3) is 0 Å². The molecule has 0 unspecified atom stereocenters. The summed E-state index contributed by atoms with van der Waals surface area (Å²) in [5.74, 6) is -0.575. The van der Waals surface area contributed by atoms with E-state index in [0.717, 1.165) is 25.6 Å². The van der Waals surface area contributed by atoms with Crippen molar-refractivity contribution in [3.05, 3.63) is 23.5 Å². The Morgan fingerprint density at radius 3 is 2.48 bits per heavy atom. The molecule has 21 heavy (non-hydrogen) atoms. The number of nitrogens with two attached hydrogens (primary N) is 1. The van der Waals surface area contributed by atoms with E-state index in [9.17, 15) is 12.8 Å². The summed E-state index contributed by atoms with van der Waals surface area (Å²) in [4.78, 5) is 2.16. The van der Waals surface area contributed by atoms with Crippen LogP contribution in [0.15, 0.2) is 17.0 Å². The lowest BCUT2D eigenvalue weighted by atomic mass is 10.2. The Morgan fingerprint density at radius 2 is 1.95 bits per heavy atom. The predicted molar refractivity (Wildman–Crippen MR) is 83.1 cm³/mol. The van der Waals surface area contributed by atoms with Gasteiger partial charge in [0, 0.05) is 13.1 Å². The van der Waals surface area contributed by atoms with Gasteiger partial charge in [0.05, 0.1) is 10.6 Å². The van der Waals surface area contributed by atoms with Crippen molar-refractivity contribution >= 4 is 15.7 Å². The number of benzene rings is 1. The third-order valence-corrected chi connectivity index (χ3v) is 4.71. The highest BCUT2D eigenvalue weighted by atomic mass is 32.2. The van der Waals surface area contributed by atoms with E-state index in [2.05, 4.69) is 16.5 Å². The summed E-state index contributed by atoms with van der Waals surface area (Å²) in [6.45, 7) is 8.36. The van der Waals surface area contributed by atoms with E-state index >= 15 is 0 Å². The molecule has 0 aliphatic rings. The van der Waals surface area contributed by atoms with Crippen LogP contribution in [0.4, 0.5) is 10.1 Å². The standard InChI is InChI=1S/C14H24FN3O2S/c1-4-7-18(5-2)8-6-17-21(19,20)12-9-11(3)14(15)13(16)10-12/h9-10,17H,4-8,16H2,1-3H3. The molecule has 0 aromatic heterocycles. The van der Waals surface area contributed by atoms with Crippen LogP contribution in [-0.4, -0.2) is 39.5 Å². The Kier molecular flexibility index (Phi) is 6.57. The van der Waals surface area contributed by atoms with Crippen LogP contribution in [0.1, 0.15) is 25.8 Å². The highest BCUT2D eigenvalue weighted by Crippen LogP contribution is 2.20. The number of hydrogen-bond acceptors (Lipinski definition) is 4. The molecular formula is C14H24FN3O2S. The lowest BCUT2D eigenvalue weighted by molar-refractivity contribution is 0.293. The second kappa shape index (κ2) is 7.72. The number of hydrogen-bond donors (Lipinski definition) is 2. The smallest absolute Gasteiger partial charge is 0.240 e. The second-order valence-corrected chi connectivity index (χ2v) is 6.74. The number of sulfonamides is 1. The minimum absolute atomic E-state index is 0.00237. The third-order valence-electron chi connectivity index (χ3n) is 3.27. The number of rotatable bonds is 8. The molecule has 1 aromatic rings. The SMILES string of the molecule is CCCN(CC)CCNS(=O)(=O)c1cc(C)c(F)c(N)c1. The zero-order valence-corrected chi connectivity index (χ0v) is 13.6. The van der Waals surface area contributed by atoms with E-state index in [1.165, 1.54) is 13.0 Å². The largest absolute Gasteiger partial charge is 0.396 e. The lowest BCUT2D eigenvalue weighted by Gasteiger charge is -2.19. The first kappa shape index (κ1) is 17.9. The van der Waals surface area contributed by atoms with Crippen molar-refractivity contribution < 1.29 is 12.8 Å². The molecule has 0 fully saturated rings. The summed E-state index contributed by atoms with van der Waals surface area (Å²) in [6, 6.07) is 2.44. The summed E-state index contributed by atoms with van der Waals surface area (Å²) in [5, 5.41) is 0. The first-order valence-corrected chi connectivity index (χ1v) is 8.57. The van der Waals surface area contributed by atoms with Gasteiger partial charge in [-0.3, -0.25) is 0 Å². The molecule has 0 bridgehead atoms. The Labute approximate surface area is 126 Å². The molecule has 0 saturated carbocycles. The van der Waals surface area contributed by atoms with Gasteiger partial charge in [-0.15, -0.1) is 0 Å². The van der Waals surface area contributed by atoms with Crippen LogP contribution in [0.2, 0.25) is 0 Å². The molecular weight excluding hydrogens is 293 g/mol. The maximum absolute atomic E-state index is 13.4. The minimum Gasteiger partial charge on any atom is -0.396 e. The molecule has 0 aliphatic heterocycles. The van der Waals surface area contributed by atoms with E-state index in [1.54, 1.807) is 0 Å². The monoisotopic (exact) mass is 317 g/mol. The Hall–Kier alpha value is -1.18. The van der Waals surface area contributed by atoms with Crippen LogP contribution in [-0.2, 0) is 10.0 Å². The summed E-state index contributed by atoms with van der Waals surface area (Å²) in [7, 11) is -3.66. The molecule has 0 aliphatic carbocycles. The van der Waals surface area contributed by atoms with Gasteiger partial charge in [-0.2, -0.15) is 0 Å². The van der Waals surface area contributed by atoms with E-state index in [-0.39, 0.29) is 16.1 Å². The Bertz CT molecular complexity index is 553. The van der Waals surface area contributed by atoms with Gasteiger partial charge in [-0.05, 0) is 44.1 Å². The number of anilines is 1. The van der Waals surface area contributed by atoms with Gasteiger partial charge in [-0.1, -0.05) is 13.8 Å². The highest BCUT2D eigenvalue weighted by Gasteiger charge is 2.17. The van der Waals surface area contributed by atoms with Crippen molar-refractivity contribution in [1.82, 2.24) is 9.62 Å². The summed E-state index contributed by atoms with van der Waals surface area (Å²) >= 11 is 0. The fourth-order valence-electron chi connectivity index (χ4n) is 2.08. The molecule has 0 heterocycles. The molecule has 0 saturated heterocycles. The highest BCUT2D eigenvalue weighted by molar-refractivity contribution is 7.89. The average Bonchev–Trinajstić information content (AvgIpc) is 2.43. The predicted octanol–water partition coefficient (Wildman–Crippen LogP) is 1.73. The average molecular weight is 317 g/mol. The second-order valence-electron chi connectivity index (χ2n) is 4.98. The van der Waals surface area contributed by atoms with Crippen LogP contribution in [0.3, 0.4) is 0 Å². The Morgan fingerprint density at radius 1 is 1.29 bits per heavy atom. The molecule has 0 atom stereocenters. The normalized spacial score (nSPS) is 12.0. The molecule has 0 spiro atoms. The van der Waals surface area contributed by atoms with E-state index in [0.29, 0.717) is 13.1 Å².